The molecule has 1 aromatic carbocycles. The summed E-state index contributed by atoms with van der Waals surface area (Å²) in [6.07, 6.45) is 0. The molecule has 0 amide bonds. The van der Waals surface area contributed by atoms with E-state index < -0.39 is 11.6 Å². The van der Waals surface area contributed by atoms with Crippen molar-refractivity contribution >= 4 is 0 Å². The first-order valence-corrected chi connectivity index (χ1v) is 5.77. The smallest absolute Gasteiger partial charge is 0.234 e. The number of rotatable bonds is 2. The summed E-state index contributed by atoms with van der Waals surface area (Å²) in [6, 6.07) is 2.86. The zero-order chi connectivity index (χ0) is 13.4. The van der Waals surface area contributed by atoms with Crippen LogP contribution in [0.25, 0.3) is 11.4 Å². The number of nitrogens with zero attached hydrogens (tertiary/aromatic N) is 2. The third-order valence-electron chi connectivity index (χ3n) is 3.00. The Morgan fingerprint density at radius 3 is 2.53 bits per heavy atom. The Bertz CT molecular complexity index is 582. The summed E-state index contributed by atoms with van der Waals surface area (Å²) < 4.78 is 36.5. The minimum absolute atomic E-state index is 0.132. The molecule has 100 valence electrons. The fourth-order valence-corrected chi connectivity index (χ4v) is 2.01. The minimum Gasteiger partial charge on any atom is -0.379 e. The molecule has 2 aromatic rings. The van der Waals surface area contributed by atoms with Crippen molar-refractivity contribution in [3.8, 4) is 11.4 Å². The number of nitrogens with two attached hydrogens (primary N) is 1. The van der Waals surface area contributed by atoms with Gasteiger partial charge in [-0.15, -0.1) is 0 Å². The first-order valence-electron chi connectivity index (χ1n) is 5.77. The number of ether oxygens (including phenoxy) is 1. The molecular weight excluding hydrogens is 256 g/mol. The molecule has 5 nitrogen and oxygen atoms in total. The second-order valence-corrected chi connectivity index (χ2v) is 4.42. The lowest BCUT2D eigenvalue weighted by atomic mass is 10.1. The summed E-state index contributed by atoms with van der Waals surface area (Å²) >= 11 is 0. The van der Waals surface area contributed by atoms with Gasteiger partial charge in [0.15, 0.2) is 0 Å². The molecular formula is C12H11F2N3O2. The quantitative estimate of drug-likeness (QED) is 0.891. The van der Waals surface area contributed by atoms with E-state index in [2.05, 4.69) is 10.1 Å². The molecule has 1 fully saturated rings. The van der Waals surface area contributed by atoms with Crippen molar-refractivity contribution in [1.82, 2.24) is 10.1 Å². The average molecular weight is 267 g/mol. The van der Waals surface area contributed by atoms with Crippen molar-refractivity contribution in [2.75, 3.05) is 13.2 Å². The van der Waals surface area contributed by atoms with Crippen molar-refractivity contribution < 1.29 is 18.0 Å². The number of hydrogen-bond donors (Lipinski definition) is 1. The Morgan fingerprint density at radius 2 is 1.89 bits per heavy atom. The Kier molecular flexibility index (Phi) is 3.00. The highest BCUT2D eigenvalue weighted by Gasteiger charge is 2.31. The zero-order valence-corrected chi connectivity index (χ0v) is 9.85. The fourth-order valence-electron chi connectivity index (χ4n) is 2.01. The van der Waals surface area contributed by atoms with E-state index in [0.717, 1.165) is 18.2 Å². The van der Waals surface area contributed by atoms with Crippen molar-refractivity contribution in [3.63, 3.8) is 0 Å². The van der Waals surface area contributed by atoms with E-state index >= 15 is 0 Å². The lowest BCUT2D eigenvalue weighted by molar-refractivity contribution is 0.187. The van der Waals surface area contributed by atoms with E-state index in [1.165, 1.54) is 0 Å². The van der Waals surface area contributed by atoms with Crippen LogP contribution in [0.15, 0.2) is 22.7 Å². The molecule has 7 heteroatoms. The second kappa shape index (κ2) is 4.67. The summed E-state index contributed by atoms with van der Waals surface area (Å²) in [5, 5.41) is 3.72. The highest BCUT2D eigenvalue weighted by Crippen LogP contribution is 2.26. The Balaban J connectivity index is 1.92. The van der Waals surface area contributed by atoms with Gasteiger partial charge in [0.25, 0.3) is 0 Å². The summed E-state index contributed by atoms with van der Waals surface area (Å²) in [5.41, 5.74) is 6.06. The lowest BCUT2D eigenvalue weighted by Gasteiger charge is -2.06. The van der Waals surface area contributed by atoms with E-state index in [-0.39, 0.29) is 23.3 Å². The lowest BCUT2D eigenvalue weighted by Crippen LogP contribution is -2.26. The van der Waals surface area contributed by atoms with Gasteiger partial charge in [0.05, 0.1) is 19.1 Å². The van der Waals surface area contributed by atoms with Gasteiger partial charge in [-0.25, -0.2) is 8.78 Å². The van der Waals surface area contributed by atoms with Gasteiger partial charge in [-0.1, -0.05) is 5.16 Å². The maximum Gasteiger partial charge on any atom is 0.234 e. The van der Waals surface area contributed by atoms with E-state index in [9.17, 15) is 8.78 Å². The third-order valence-corrected chi connectivity index (χ3v) is 3.00. The van der Waals surface area contributed by atoms with E-state index in [0.29, 0.717) is 19.1 Å². The molecule has 2 unspecified atom stereocenters. The summed E-state index contributed by atoms with van der Waals surface area (Å²) in [7, 11) is 0. The molecule has 0 radical (unpaired) electrons. The normalized spacial score (nSPS) is 22.9. The Morgan fingerprint density at radius 1 is 1.16 bits per heavy atom. The predicted molar refractivity (Wildman–Crippen MR) is 61.2 cm³/mol. The van der Waals surface area contributed by atoms with Crippen molar-refractivity contribution in [2.45, 2.75) is 12.0 Å². The molecule has 2 heterocycles. The summed E-state index contributed by atoms with van der Waals surface area (Å²) in [6.45, 7) is 0.831. The molecule has 1 aliphatic rings. The minimum atomic E-state index is -0.692. The van der Waals surface area contributed by atoms with Gasteiger partial charge in [0, 0.05) is 17.7 Å². The van der Waals surface area contributed by atoms with E-state index in [4.69, 9.17) is 15.0 Å². The van der Waals surface area contributed by atoms with Crippen LogP contribution >= 0.6 is 0 Å². The van der Waals surface area contributed by atoms with Gasteiger partial charge < -0.3 is 15.0 Å². The SMILES string of the molecule is NC1COCC1c1nc(-c2cc(F)cc(F)c2)no1. The number of hydrogen-bond acceptors (Lipinski definition) is 5. The molecule has 1 aliphatic heterocycles. The zero-order valence-electron chi connectivity index (χ0n) is 9.85. The molecule has 1 saturated heterocycles. The maximum absolute atomic E-state index is 13.1. The molecule has 2 N–H and O–H groups in total. The molecule has 0 saturated carbocycles. The topological polar surface area (TPSA) is 74.2 Å². The Labute approximate surface area is 107 Å². The summed E-state index contributed by atoms with van der Waals surface area (Å²) in [5.74, 6) is -1.11. The van der Waals surface area contributed by atoms with Crippen LogP contribution in [-0.4, -0.2) is 29.4 Å². The van der Waals surface area contributed by atoms with Gasteiger partial charge >= 0.3 is 0 Å². The van der Waals surface area contributed by atoms with Crippen LogP contribution in [0.2, 0.25) is 0 Å². The van der Waals surface area contributed by atoms with E-state index in [1.807, 2.05) is 0 Å². The molecule has 1 aromatic heterocycles. The van der Waals surface area contributed by atoms with Gasteiger partial charge in [-0.05, 0) is 12.1 Å². The maximum atomic E-state index is 13.1. The first kappa shape index (κ1) is 12.2. The fraction of sp³-hybridized carbons (Fsp3) is 0.333. The molecule has 0 bridgehead atoms. The number of halogens is 2. The number of benzene rings is 1. The summed E-state index contributed by atoms with van der Waals surface area (Å²) in [4.78, 5) is 4.12. The molecule has 3 rings (SSSR count). The van der Waals surface area contributed by atoms with Gasteiger partial charge in [-0.2, -0.15) is 4.98 Å². The van der Waals surface area contributed by atoms with Gasteiger partial charge in [-0.3, -0.25) is 0 Å². The second-order valence-electron chi connectivity index (χ2n) is 4.42. The molecule has 2 atom stereocenters. The van der Waals surface area contributed by atoms with Crippen LogP contribution < -0.4 is 5.73 Å². The standard InChI is InChI=1S/C12H11F2N3O2/c13-7-1-6(2-8(14)3-7)11-16-12(19-17-11)9-4-18-5-10(9)15/h1-3,9-10H,4-5,15H2. The third kappa shape index (κ3) is 2.34. The molecule has 19 heavy (non-hydrogen) atoms. The van der Waals surface area contributed by atoms with E-state index in [1.54, 1.807) is 0 Å². The number of aromatic nitrogens is 2. The molecule has 0 spiro atoms. The van der Waals surface area contributed by atoms with Crippen LogP contribution in [0.1, 0.15) is 11.8 Å². The molecule has 0 aliphatic carbocycles. The average Bonchev–Trinajstić information content (AvgIpc) is 2.95. The predicted octanol–water partition coefficient (Wildman–Crippen LogP) is 1.46. The highest BCUT2D eigenvalue weighted by atomic mass is 19.1. The van der Waals surface area contributed by atoms with Crippen LogP contribution in [0.4, 0.5) is 8.78 Å². The van der Waals surface area contributed by atoms with Crippen LogP contribution in [0.3, 0.4) is 0 Å². The van der Waals surface area contributed by atoms with Crippen LogP contribution in [-0.2, 0) is 4.74 Å². The van der Waals surface area contributed by atoms with Gasteiger partial charge in [0.1, 0.15) is 11.6 Å². The van der Waals surface area contributed by atoms with Crippen molar-refractivity contribution in [3.05, 3.63) is 35.7 Å². The highest BCUT2D eigenvalue weighted by molar-refractivity contribution is 5.54. The first-order chi connectivity index (χ1) is 9.13. The largest absolute Gasteiger partial charge is 0.379 e. The van der Waals surface area contributed by atoms with Crippen molar-refractivity contribution in [2.24, 2.45) is 5.73 Å². The van der Waals surface area contributed by atoms with Crippen LogP contribution in [0.5, 0.6) is 0 Å². The van der Waals surface area contributed by atoms with Gasteiger partial charge in [0.2, 0.25) is 11.7 Å². The monoisotopic (exact) mass is 267 g/mol. The Hall–Kier alpha value is -1.86. The van der Waals surface area contributed by atoms with Crippen LogP contribution in [0, 0.1) is 11.6 Å². The van der Waals surface area contributed by atoms with Crippen molar-refractivity contribution in [1.29, 1.82) is 0 Å².